The normalized spacial score (nSPS) is 28.9. The third kappa shape index (κ3) is 7.47. The molecule has 2 aliphatic rings. The molecular weight excluding hydrogens is 388 g/mol. The summed E-state index contributed by atoms with van der Waals surface area (Å²) in [5.41, 5.74) is 6.04. The van der Waals surface area contributed by atoms with E-state index in [0.29, 0.717) is 5.92 Å². The van der Waals surface area contributed by atoms with Gasteiger partial charge in [0, 0.05) is 5.92 Å². The van der Waals surface area contributed by atoms with Crippen LogP contribution in [0, 0.1) is 12.3 Å². The molecule has 1 nitrogen and oxygen atoms in total. The fraction of sp³-hybridized carbons (Fsp3) is 0.710. The van der Waals surface area contributed by atoms with Crippen molar-refractivity contribution in [2.24, 2.45) is 5.92 Å². The first-order valence-electron chi connectivity index (χ1n) is 13.4. The van der Waals surface area contributed by atoms with Gasteiger partial charge in [0.1, 0.15) is 0 Å². The largest absolute Gasteiger partial charge is 0.364 e. The predicted molar refractivity (Wildman–Crippen MR) is 142 cm³/mol. The first kappa shape index (κ1) is 27.2. The summed E-state index contributed by atoms with van der Waals surface area (Å²) in [5, 5.41) is 0. The molecule has 1 heterocycles. The molecular formula is C31H51O-. The Balaban J connectivity index is 1.90. The van der Waals surface area contributed by atoms with E-state index in [4.69, 9.17) is 4.74 Å². The molecule has 0 bridgehead atoms. The Morgan fingerprint density at radius 1 is 1.09 bits per heavy atom. The van der Waals surface area contributed by atoms with Crippen LogP contribution in [0.3, 0.4) is 0 Å². The van der Waals surface area contributed by atoms with Crippen LogP contribution in [0.25, 0.3) is 0 Å². The van der Waals surface area contributed by atoms with Gasteiger partial charge in [-0.15, -0.1) is 0 Å². The second-order valence-electron chi connectivity index (χ2n) is 10.8. The Kier molecular flexibility index (Phi) is 11.0. The van der Waals surface area contributed by atoms with Gasteiger partial charge in [0.25, 0.3) is 0 Å². The summed E-state index contributed by atoms with van der Waals surface area (Å²) in [7, 11) is 0. The zero-order valence-electron chi connectivity index (χ0n) is 22.4. The van der Waals surface area contributed by atoms with Crippen LogP contribution in [0.5, 0.6) is 0 Å². The molecule has 0 saturated carbocycles. The minimum absolute atomic E-state index is 0.0106. The van der Waals surface area contributed by atoms with Crippen molar-refractivity contribution in [2.45, 2.75) is 137 Å². The van der Waals surface area contributed by atoms with Crippen LogP contribution in [-0.4, -0.2) is 11.2 Å². The summed E-state index contributed by atoms with van der Waals surface area (Å²) in [5.74, 6) is 0.484. The van der Waals surface area contributed by atoms with Crippen LogP contribution in [0.2, 0.25) is 0 Å². The maximum atomic E-state index is 7.14. The molecule has 1 fully saturated rings. The monoisotopic (exact) mass is 439 g/mol. The Morgan fingerprint density at radius 3 is 2.44 bits per heavy atom. The molecule has 0 radical (unpaired) electrons. The van der Waals surface area contributed by atoms with Gasteiger partial charge in [-0.2, -0.15) is 13.3 Å². The topological polar surface area (TPSA) is 9.23 Å². The minimum atomic E-state index is -0.0694. The van der Waals surface area contributed by atoms with E-state index in [1.165, 1.54) is 56.9 Å². The summed E-state index contributed by atoms with van der Waals surface area (Å²) in [4.78, 5) is 0. The lowest BCUT2D eigenvalue weighted by molar-refractivity contribution is -0.177. The van der Waals surface area contributed by atoms with Crippen molar-refractivity contribution in [3.8, 4) is 0 Å². The number of unbranched alkanes of at least 4 members (excludes halogenated alkanes) is 3. The average molecular weight is 440 g/mol. The third-order valence-corrected chi connectivity index (χ3v) is 7.98. The van der Waals surface area contributed by atoms with Crippen LogP contribution in [0.4, 0.5) is 0 Å². The average Bonchev–Trinajstić information content (AvgIpc) is 2.75. The molecule has 3 atom stereocenters. The van der Waals surface area contributed by atoms with E-state index in [1.807, 2.05) is 0 Å². The van der Waals surface area contributed by atoms with E-state index >= 15 is 0 Å². The van der Waals surface area contributed by atoms with Crippen LogP contribution in [0.15, 0.2) is 46.6 Å². The predicted octanol–water partition coefficient (Wildman–Crippen LogP) is 9.85. The standard InChI is InChI=1S/C31H51O/c1-8-10-12-15-25(3)16-13-17-26(4)18-14-22-30(7)24-21-29-20-19-27(5)28(6)31(29,32-30)23-11-9-2/h8,15,18-20,28H,9-14,16-17,21-24H2,1-7H3/q-1/b25-15+,26-18+. The molecule has 0 aromatic rings. The highest BCUT2D eigenvalue weighted by molar-refractivity contribution is 5.36. The highest BCUT2D eigenvalue weighted by Gasteiger charge is 2.49. The molecule has 2 rings (SSSR count). The fourth-order valence-corrected chi connectivity index (χ4v) is 5.52. The van der Waals surface area contributed by atoms with Gasteiger partial charge in [0.15, 0.2) is 0 Å². The van der Waals surface area contributed by atoms with Crippen molar-refractivity contribution in [3.63, 3.8) is 0 Å². The van der Waals surface area contributed by atoms with Crippen molar-refractivity contribution in [1.82, 2.24) is 0 Å². The molecule has 1 heteroatoms. The zero-order valence-corrected chi connectivity index (χ0v) is 22.4. The number of hydrogen-bond acceptors (Lipinski definition) is 1. The lowest BCUT2D eigenvalue weighted by Gasteiger charge is -2.53. The second-order valence-corrected chi connectivity index (χ2v) is 10.8. The van der Waals surface area contributed by atoms with Gasteiger partial charge in [-0.05, 0) is 84.6 Å². The van der Waals surface area contributed by atoms with Gasteiger partial charge < -0.3 is 11.2 Å². The summed E-state index contributed by atoms with van der Waals surface area (Å²) in [6.07, 6.45) is 26.2. The molecule has 3 unspecified atom stereocenters. The Labute approximate surface area is 200 Å². The zero-order chi connectivity index (χ0) is 23.6. The molecule has 0 amide bonds. The summed E-state index contributed by atoms with van der Waals surface area (Å²) in [6, 6.07) is 0. The minimum Gasteiger partial charge on any atom is -0.364 e. The molecule has 0 aromatic heterocycles. The molecule has 32 heavy (non-hydrogen) atoms. The van der Waals surface area contributed by atoms with Gasteiger partial charge in [-0.3, -0.25) is 0 Å². The molecule has 1 saturated heterocycles. The number of hydrogen-bond donors (Lipinski definition) is 0. The Bertz CT molecular complexity index is 706. The fourth-order valence-electron chi connectivity index (χ4n) is 5.52. The maximum Gasteiger partial charge on any atom is 0.0964 e. The Hall–Kier alpha value is -1.08. The van der Waals surface area contributed by atoms with Gasteiger partial charge >= 0.3 is 0 Å². The summed E-state index contributed by atoms with van der Waals surface area (Å²) in [6.45, 7) is 16.1. The third-order valence-electron chi connectivity index (χ3n) is 7.98. The van der Waals surface area contributed by atoms with Crippen LogP contribution in [-0.2, 0) is 4.74 Å². The first-order chi connectivity index (χ1) is 15.3. The highest BCUT2D eigenvalue weighted by atomic mass is 16.5. The maximum absolute atomic E-state index is 7.14. The number of fused-ring (bicyclic) bond motifs is 1. The second kappa shape index (κ2) is 13.0. The first-order valence-corrected chi connectivity index (χ1v) is 13.4. The SMILES string of the molecule is C[CH-]CC/C=C(\C)CCC/C(C)=C/CCC1(C)CCC2=CC=C(C)C(C)C2(CCCC)O1. The molecule has 0 spiro atoms. The van der Waals surface area contributed by atoms with Crippen LogP contribution in [0.1, 0.15) is 126 Å². The summed E-state index contributed by atoms with van der Waals surface area (Å²) < 4.78 is 7.14. The molecule has 1 aliphatic heterocycles. The number of ether oxygens (including phenoxy) is 1. The van der Waals surface area contributed by atoms with Gasteiger partial charge in [0.05, 0.1) is 11.2 Å². The smallest absolute Gasteiger partial charge is 0.0964 e. The molecule has 0 N–H and O–H groups in total. The number of allylic oxidation sites excluding steroid dienone is 6. The van der Waals surface area contributed by atoms with E-state index in [9.17, 15) is 0 Å². The highest BCUT2D eigenvalue weighted by Crippen LogP contribution is 2.51. The number of rotatable bonds is 13. The Morgan fingerprint density at radius 2 is 1.78 bits per heavy atom. The lowest BCUT2D eigenvalue weighted by Crippen LogP contribution is -2.53. The van der Waals surface area contributed by atoms with Gasteiger partial charge in [-0.25, -0.2) is 0 Å². The van der Waals surface area contributed by atoms with Crippen molar-refractivity contribution in [3.05, 3.63) is 53.0 Å². The van der Waals surface area contributed by atoms with E-state index < -0.39 is 0 Å². The molecule has 0 aromatic carbocycles. The van der Waals surface area contributed by atoms with Crippen molar-refractivity contribution in [1.29, 1.82) is 0 Å². The van der Waals surface area contributed by atoms with Crippen molar-refractivity contribution < 1.29 is 4.74 Å². The van der Waals surface area contributed by atoms with E-state index in [-0.39, 0.29) is 11.2 Å². The van der Waals surface area contributed by atoms with Crippen LogP contribution >= 0.6 is 0 Å². The quantitative estimate of drug-likeness (QED) is 0.157. The van der Waals surface area contributed by atoms with E-state index in [1.54, 1.807) is 16.7 Å². The lowest BCUT2D eigenvalue weighted by atomic mass is 9.67. The van der Waals surface area contributed by atoms with Crippen molar-refractivity contribution >= 4 is 0 Å². The van der Waals surface area contributed by atoms with Crippen molar-refractivity contribution in [2.75, 3.05) is 0 Å². The van der Waals surface area contributed by atoms with Crippen LogP contribution < -0.4 is 0 Å². The summed E-state index contributed by atoms with van der Waals surface area (Å²) >= 11 is 0. The molecule has 1 aliphatic carbocycles. The van der Waals surface area contributed by atoms with Gasteiger partial charge in [-0.1, -0.05) is 74.1 Å². The van der Waals surface area contributed by atoms with Gasteiger partial charge in [0.2, 0.25) is 0 Å². The van der Waals surface area contributed by atoms with E-state index in [0.717, 1.165) is 25.7 Å². The molecule has 182 valence electrons. The van der Waals surface area contributed by atoms with E-state index in [2.05, 4.69) is 79.2 Å².